The number of nitrogens with one attached hydrogen (secondary N) is 1. The molecule has 21 heavy (non-hydrogen) atoms. The quantitative estimate of drug-likeness (QED) is 0.810. The summed E-state index contributed by atoms with van der Waals surface area (Å²) in [6.45, 7) is 6.63. The number of amides is 1. The predicted octanol–water partition coefficient (Wildman–Crippen LogP) is 0.960. The summed E-state index contributed by atoms with van der Waals surface area (Å²) in [5.41, 5.74) is 5.85. The highest BCUT2D eigenvalue weighted by Crippen LogP contribution is 2.27. The summed E-state index contributed by atoms with van der Waals surface area (Å²) in [4.78, 5) is 21.3. The van der Waals surface area contributed by atoms with Crippen LogP contribution in [0.1, 0.15) is 16.6 Å². The molecule has 118 valence electrons. The van der Waals surface area contributed by atoms with Gasteiger partial charge in [0.15, 0.2) is 5.13 Å². The highest BCUT2D eigenvalue weighted by Gasteiger charge is 2.18. The number of hydrogen-bond acceptors (Lipinski definition) is 7. The molecule has 3 N–H and O–H groups in total. The zero-order chi connectivity index (χ0) is 15.2. The number of carbonyl (C=O) groups excluding carboxylic acids is 1. The molecule has 2 heterocycles. The molecular weight excluding hydrogens is 306 g/mol. The van der Waals surface area contributed by atoms with Crippen molar-refractivity contribution in [3.05, 3.63) is 4.88 Å². The molecule has 0 unspecified atom stereocenters. The largest absolute Gasteiger partial charge is 0.382 e. The molecular formula is C13H23N5OS2. The average molecular weight is 329 g/mol. The fourth-order valence-electron chi connectivity index (χ4n) is 2.01. The second kappa shape index (κ2) is 7.86. The molecule has 6 nitrogen and oxygen atoms in total. The predicted molar refractivity (Wildman–Crippen MR) is 91.6 cm³/mol. The van der Waals surface area contributed by atoms with E-state index < -0.39 is 0 Å². The topological polar surface area (TPSA) is 74.5 Å². The molecule has 0 aromatic carbocycles. The van der Waals surface area contributed by atoms with Crippen LogP contribution in [0, 0.1) is 0 Å². The summed E-state index contributed by atoms with van der Waals surface area (Å²) in [5, 5.41) is 3.73. The number of nitrogen functional groups attached to an aromatic ring is 1. The molecule has 0 bridgehead atoms. The minimum atomic E-state index is -0.118. The van der Waals surface area contributed by atoms with Gasteiger partial charge in [0, 0.05) is 51.3 Å². The van der Waals surface area contributed by atoms with E-state index in [9.17, 15) is 4.79 Å². The minimum Gasteiger partial charge on any atom is -0.382 e. The second-order valence-electron chi connectivity index (χ2n) is 4.93. The van der Waals surface area contributed by atoms with Gasteiger partial charge in [-0.25, -0.2) is 4.98 Å². The van der Waals surface area contributed by atoms with Crippen molar-refractivity contribution in [2.75, 3.05) is 61.9 Å². The van der Waals surface area contributed by atoms with Crippen LogP contribution in [0.5, 0.6) is 0 Å². The van der Waals surface area contributed by atoms with Gasteiger partial charge in [0.05, 0.1) is 0 Å². The number of thiazole rings is 1. The Morgan fingerprint density at radius 3 is 2.86 bits per heavy atom. The zero-order valence-corrected chi connectivity index (χ0v) is 14.2. The van der Waals surface area contributed by atoms with E-state index in [-0.39, 0.29) is 5.91 Å². The first kappa shape index (κ1) is 16.4. The van der Waals surface area contributed by atoms with Crippen molar-refractivity contribution in [3.8, 4) is 0 Å². The molecule has 1 aromatic heterocycles. The summed E-state index contributed by atoms with van der Waals surface area (Å²) >= 11 is 3.34. The van der Waals surface area contributed by atoms with Gasteiger partial charge in [0.2, 0.25) is 0 Å². The van der Waals surface area contributed by atoms with E-state index in [0.29, 0.717) is 17.2 Å². The monoisotopic (exact) mass is 329 g/mol. The number of thioether (sulfide) groups is 1. The summed E-state index contributed by atoms with van der Waals surface area (Å²) < 4.78 is 0. The first-order chi connectivity index (χ1) is 10.1. The van der Waals surface area contributed by atoms with Crippen LogP contribution in [-0.2, 0) is 0 Å². The van der Waals surface area contributed by atoms with E-state index in [0.717, 1.165) is 31.3 Å². The molecule has 1 aliphatic rings. The lowest BCUT2D eigenvalue weighted by molar-refractivity contribution is 0.0953. The van der Waals surface area contributed by atoms with E-state index >= 15 is 0 Å². The van der Waals surface area contributed by atoms with Crippen LogP contribution >= 0.6 is 23.1 Å². The van der Waals surface area contributed by atoms with Crippen LogP contribution in [-0.4, -0.2) is 67.1 Å². The van der Waals surface area contributed by atoms with Crippen LogP contribution in [0.25, 0.3) is 0 Å². The van der Waals surface area contributed by atoms with Crippen LogP contribution in [0.3, 0.4) is 0 Å². The molecule has 8 heteroatoms. The van der Waals surface area contributed by atoms with Crippen molar-refractivity contribution in [1.29, 1.82) is 0 Å². The second-order valence-corrected chi connectivity index (χ2v) is 7.14. The van der Waals surface area contributed by atoms with Gasteiger partial charge >= 0.3 is 0 Å². The maximum absolute atomic E-state index is 12.2. The van der Waals surface area contributed by atoms with Crippen molar-refractivity contribution in [2.45, 2.75) is 6.92 Å². The van der Waals surface area contributed by atoms with Gasteiger partial charge in [-0.1, -0.05) is 11.3 Å². The minimum absolute atomic E-state index is 0.118. The number of carbonyl (C=O) groups is 1. The van der Waals surface area contributed by atoms with Crippen LogP contribution in [0.15, 0.2) is 0 Å². The van der Waals surface area contributed by atoms with Crippen LogP contribution in [0.2, 0.25) is 0 Å². The average Bonchev–Trinajstić information content (AvgIpc) is 2.89. The Hall–Kier alpha value is -0.990. The third kappa shape index (κ3) is 4.49. The Morgan fingerprint density at radius 2 is 2.19 bits per heavy atom. The number of anilines is 2. The van der Waals surface area contributed by atoms with Gasteiger partial charge in [-0.15, -0.1) is 0 Å². The van der Waals surface area contributed by atoms with Gasteiger partial charge in [0.1, 0.15) is 10.7 Å². The first-order valence-electron chi connectivity index (χ1n) is 7.17. The summed E-state index contributed by atoms with van der Waals surface area (Å²) in [5.74, 6) is 2.57. The summed E-state index contributed by atoms with van der Waals surface area (Å²) in [6.07, 6.45) is 0. The molecule has 0 spiro atoms. The molecule has 0 saturated carbocycles. The van der Waals surface area contributed by atoms with Gasteiger partial charge in [-0.05, 0) is 6.92 Å². The van der Waals surface area contributed by atoms with Crippen LogP contribution < -0.4 is 16.0 Å². The molecule has 1 amide bonds. The molecule has 1 aliphatic heterocycles. The highest BCUT2D eigenvalue weighted by atomic mass is 32.2. The van der Waals surface area contributed by atoms with E-state index in [1.54, 1.807) is 0 Å². The molecule has 1 fully saturated rings. The molecule has 1 aromatic rings. The summed E-state index contributed by atoms with van der Waals surface area (Å²) in [7, 11) is 1.94. The Balaban J connectivity index is 1.83. The fourth-order valence-corrected chi connectivity index (χ4v) is 3.92. The Kier molecular flexibility index (Phi) is 6.13. The van der Waals surface area contributed by atoms with Gasteiger partial charge in [-0.2, -0.15) is 11.8 Å². The SMILES string of the molecule is CCN(C)c1nc(N)c(C(=O)NCCN2CCSCC2)s1. The third-order valence-electron chi connectivity index (χ3n) is 3.47. The standard InChI is InChI=1S/C13H23N5OS2/c1-3-17(2)13-16-11(14)10(21-13)12(19)15-4-5-18-6-8-20-9-7-18/h3-9,14H2,1-2H3,(H,15,19). The number of nitrogens with two attached hydrogens (primary N) is 1. The van der Waals surface area contributed by atoms with Gasteiger partial charge < -0.3 is 16.0 Å². The fraction of sp³-hybridized carbons (Fsp3) is 0.692. The van der Waals surface area contributed by atoms with Crippen molar-refractivity contribution in [2.24, 2.45) is 0 Å². The molecule has 0 atom stereocenters. The smallest absolute Gasteiger partial charge is 0.265 e. The number of rotatable bonds is 6. The highest BCUT2D eigenvalue weighted by molar-refractivity contribution is 7.99. The Labute approximate surface area is 134 Å². The molecule has 0 radical (unpaired) electrons. The number of aromatic nitrogens is 1. The number of nitrogens with zero attached hydrogens (tertiary/aromatic N) is 3. The lowest BCUT2D eigenvalue weighted by Gasteiger charge is -2.25. The van der Waals surface area contributed by atoms with E-state index in [1.165, 1.54) is 22.8 Å². The van der Waals surface area contributed by atoms with E-state index in [2.05, 4.69) is 15.2 Å². The first-order valence-corrected chi connectivity index (χ1v) is 9.14. The maximum Gasteiger partial charge on any atom is 0.265 e. The van der Waals surface area contributed by atoms with Crippen LogP contribution in [0.4, 0.5) is 10.9 Å². The van der Waals surface area contributed by atoms with E-state index in [1.807, 2.05) is 30.6 Å². The van der Waals surface area contributed by atoms with Crippen molar-refractivity contribution in [3.63, 3.8) is 0 Å². The van der Waals surface area contributed by atoms with Crippen molar-refractivity contribution >= 4 is 40.0 Å². The Bertz CT molecular complexity index is 473. The molecule has 1 saturated heterocycles. The van der Waals surface area contributed by atoms with Gasteiger partial charge in [0.25, 0.3) is 5.91 Å². The molecule has 2 rings (SSSR count). The third-order valence-corrected chi connectivity index (χ3v) is 5.59. The zero-order valence-electron chi connectivity index (χ0n) is 12.6. The van der Waals surface area contributed by atoms with E-state index in [4.69, 9.17) is 5.73 Å². The lowest BCUT2D eigenvalue weighted by Crippen LogP contribution is -2.39. The van der Waals surface area contributed by atoms with Gasteiger partial charge in [-0.3, -0.25) is 9.69 Å². The lowest BCUT2D eigenvalue weighted by atomic mass is 10.4. The summed E-state index contributed by atoms with van der Waals surface area (Å²) in [6, 6.07) is 0. The normalized spacial score (nSPS) is 15.9. The number of hydrogen-bond donors (Lipinski definition) is 2. The van der Waals surface area contributed by atoms with Crippen molar-refractivity contribution in [1.82, 2.24) is 15.2 Å². The van der Waals surface area contributed by atoms with Crippen molar-refractivity contribution < 1.29 is 4.79 Å². The molecule has 0 aliphatic carbocycles. The Morgan fingerprint density at radius 1 is 1.48 bits per heavy atom. The maximum atomic E-state index is 12.2.